The van der Waals surface area contributed by atoms with E-state index in [-0.39, 0.29) is 11.7 Å². The number of hydrogen-bond acceptors (Lipinski definition) is 6. The number of carbonyl (C=O) groups excluding carboxylic acids is 2. The summed E-state index contributed by atoms with van der Waals surface area (Å²) < 4.78 is 1.99. The molecule has 0 bridgehead atoms. The SMILES string of the molecule is CCC1CCc2sc(-c3nnc(SCC(=O)c4ccc5c(c4)CCC(=O)N5)n3C)cc2C1. The van der Waals surface area contributed by atoms with Gasteiger partial charge in [-0.05, 0) is 67.0 Å². The molecule has 0 saturated carbocycles. The van der Waals surface area contributed by atoms with Crippen molar-refractivity contribution in [3.8, 4) is 10.7 Å². The smallest absolute Gasteiger partial charge is 0.224 e. The Kier molecular flexibility index (Phi) is 5.90. The van der Waals surface area contributed by atoms with Crippen LogP contribution in [-0.2, 0) is 31.1 Å². The molecule has 166 valence electrons. The Morgan fingerprint density at radius 2 is 2.09 bits per heavy atom. The predicted molar refractivity (Wildman–Crippen MR) is 129 cm³/mol. The van der Waals surface area contributed by atoms with Gasteiger partial charge in [0.15, 0.2) is 16.8 Å². The van der Waals surface area contributed by atoms with Crippen molar-refractivity contribution in [1.29, 1.82) is 0 Å². The van der Waals surface area contributed by atoms with Gasteiger partial charge in [-0.1, -0.05) is 25.1 Å². The van der Waals surface area contributed by atoms with Gasteiger partial charge in [-0.15, -0.1) is 21.5 Å². The van der Waals surface area contributed by atoms with Crippen LogP contribution in [0.4, 0.5) is 5.69 Å². The molecule has 1 aliphatic heterocycles. The van der Waals surface area contributed by atoms with E-state index in [1.165, 1.54) is 41.5 Å². The molecule has 0 radical (unpaired) electrons. The molecular formula is C24H26N4O2S2. The molecule has 1 amide bonds. The third kappa shape index (κ3) is 4.13. The number of ketones is 1. The molecule has 2 aromatic heterocycles. The Morgan fingerprint density at radius 1 is 1.22 bits per heavy atom. The van der Waals surface area contributed by atoms with Crippen LogP contribution < -0.4 is 5.32 Å². The van der Waals surface area contributed by atoms with Crippen LogP contribution in [0.15, 0.2) is 29.4 Å². The highest BCUT2D eigenvalue weighted by Crippen LogP contribution is 2.38. The number of aromatic nitrogens is 3. The van der Waals surface area contributed by atoms with Gasteiger partial charge in [0.2, 0.25) is 5.91 Å². The molecule has 1 atom stereocenters. The van der Waals surface area contributed by atoms with E-state index in [0.29, 0.717) is 24.2 Å². The standard InChI is InChI=1S/C24H26N4O2S2/c1-3-14-4-8-20-17(10-14)12-21(32-20)23-26-27-24(28(23)2)31-13-19(29)16-5-7-18-15(11-16)6-9-22(30)25-18/h5,7,11-12,14H,3-4,6,8-10,13H2,1-2H3,(H,25,30). The highest BCUT2D eigenvalue weighted by Gasteiger charge is 2.23. The third-order valence-corrected chi connectivity index (χ3v) is 8.73. The van der Waals surface area contributed by atoms with Crippen molar-refractivity contribution < 1.29 is 9.59 Å². The molecule has 3 heterocycles. The van der Waals surface area contributed by atoms with Crippen molar-refractivity contribution in [3.05, 3.63) is 45.8 Å². The zero-order chi connectivity index (χ0) is 22.2. The normalized spacial score (nSPS) is 17.6. The molecular weight excluding hydrogens is 440 g/mol. The van der Waals surface area contributed by atoms with E-state index in [4.69, 9.17) is 0 Å². The van der Waals surface area contributed by atoms with Gasteiger partial charge in [-0.25, -0.2) is 0 Å². The lowest BCUT2D eigenvalue weighted by Crippen LogP contribution is -2.19. The first kappa shape index (κ1) is 21.4. The monoisotopic (exact) mass is 466 g/mol. The molecule has 8 heteroatoms. The Labute approximate surface area is 195 Å². The Bertz CT molecular complexity index is 1200. The number of thiophene rings is 1. The fourth-order valence-electron chi connectivity index (χ4n) is 4.48. The number of fused-ring (bicyclic) bond motifs is 2. The molecule has 3 aromatic rings. The van der Waals surface area contributed by atoms with Crippen molar-refractivity contribution in [1.82, 2.24) is 14.8 Å². The topological polar surface area (TPSA) is 76.9 Å². The van der Waals surface area contributed by atoms with Gasteiger partial charge in [0.25, 0.3) is 0 Å². The van der Waals surface area contributed by atoms with E-state index >= 15 is 0 Å². The van der Waals surface area contributed by atoms with Crippen molar-refractivity contribution in [3.63, 3.8) is 0 Å². The minimum atomic E-state index is 0.0296. The van der Waals surface area contributed by atoms with E-state index in [9.17, 15) is 9.59 Å². The van der Waals surface area contributed by atoms with Gasteiger partial charge < -0.3 is 9.88 Å². The summed E-state index contributed by atoms with van der Waals surface area (Å²) in [6.45, 7) is 2.28. The predicted octanol–water partition coefficient (Wildman–Crippen LogP) is 4.92. The number of carbonyl (C=O) groups is 2. The maximum atomic E-state index is 12.8. The second kappa shape index (κ2) is 8.83. The van der Waals surface area contributed by atoms with Crippen LogP contribution in [-0.4, -0.2) is 32.2 Å². The molecule has 5 rings (SSSR count). The Hall–Kier alpha value is -2.45. The van der Waals surface area contributed by atoms with Crippen molar-refractivity contribution in [2.45, 2.75) is 50.6 Å². The summed E-state index contributed by atoms with van der Waals surface area (Å²) in [5.41, 5.74) is 3.98. The van der Waals surface area contributed by atoms with Crippen LogP contribution in [0.2, 0.25) is 0 Å². The van der Waals surface area contributed by atoms with E-state index in [2.05, 4.69) is 28.5 Å². The third-order valence-electron chi connectivity index (χ3n) is 6.47. The average molecular weight is 467 g/mol. The number of nitrogens with one attached hydrogen (secondary N) is 1. The van der Waals surface area contributed by atoms with Crippen LogP contribution >= 0.6 is 23.1 Å². The molecule has 1 aromatic carbocycles. The van der Waals surface area contributed by atoms with Crippen LogP contribution in [0, 0.1) is 5.92 Å². The Morgan fingerprint density at radius 3 is 2.94 bits per heavy atom. The molecule has 1 N–H and O–H groups in total. The molecule has 2 aliphatic rings. The summed E-state index contributed by atoms with van der Waals surface area (Å²) in [4.78, 5) is 27.0. The van der Waals surface area contributed by atoms with Gasteiger partial charge in [0.1, 0.15) is 0 Å². The average Bonchev–Trinajstić information content (AvgIpc) is 3.39. The summed E-state index contributed by atoms with van der Waals surface area (Å²) in [6, 6.07) is 7.80. The van der Waals surface area contributed by atoms with Gasteiger partial charge in [0.05, 0.1) is 10.6 Å². The number of hydrogen-bond donors (Lipinski definition) is 1. The number of aryl methyl sites for hydroxylation is 2. The largest absolute Gasteiger partial charge is 0.326 e. The van der Waals surface area contributed by atoms with Gasteiger partial charge in [0, 0.05) is 29.6 Å². The summed E-state index contributed by atoms with van der Waals surface area (Å²) in [6.07, 6.45) is 5.98. The quantitative estimate of drug-likeness (QED) is 0.412. The maximum Gasteiger partial charge on any atom is 0.224 e. The van der Waals surface area contributed by atoms with E-state index in [1.807, 2.05) is 35.1 Å². The van der Waals surface area contributed by atoms with Crippen LogP contribution in [0.5, 0.6) is 0 Å². The first-order valence-electron chi connectivity index (χ1n) is 11.1. The number of nitrogens with zero attached hydrogens (tertiary/aromatic N) is 3. The fourth-order valence-corrected chi connectivity index (χ4v) is 6.52. The maximum absolute atomic E-state index is 12.8. The van der Waals surface area contributed by atoms with Crippen LogP contribution in [0.25, 0.3) is 10.7 Å². The molecule has 32 heavy (non-hydrogen) atoms. The minimum Gasteiger partial charge on any atom is -0.326 e. The summed E-state index contributed by atoms with van der Waals surface area (Å²) in [5, 5.41) is 12.4. The lowest BCUT2D eigenvalue weighted by molar-refractivity contribution is -0.116. The van der Waals surface area contributed by atoms with Crippen LogP contribution in [0.1, 0.15) is 52.5 Å². The first-order valence-corrected chi connectivity index (χ1v) is 12.9. The summed E-state index contributed by atoms with van der Waals surface area (Å²) in [5.74, 6) is 2.05. The minimum absolute atomic E-state index is 0.0296. The van der Waals surface area contributed by atoms with Crippen molar-refractivity contribution in [2.75, 3.05) is 11.1 Å². The van der Waals surface area contributed by atoms with Gasteiger partial charge in [-0.3, -0.25) is 9.59 Å². The number of benzene rings is 1. The van der Waals surface area contributed by atoms with Gasteiger partial charge >= 0.3 is 0 Å². The molecule has 1 aliphatic carbocycles. The lowest BCUT2D eigenvalue weighted by Gasteiger charge is -2.19. The molecule has 0 fully saturated rings. The van der Waals surface area contributed by atoms with Crippen LogP contribution in [0.3, 0.4) is 0 Å². The number of thioether (sulfide) groups is 1. The zero-order valence-corrected chi connectivity index (χ0v) is 19.9. The fraction of sp³-hybridized carbons (Fsp3) is 0.417. The van der Waals surface area contributed by atoms with E-state index in [1.54, 1.807) is 6.07 Å². The van der Waals surface area contributed by atoms with Crippen molar-refractivity contribution in [2.24, 2.45) is 13.0 Å². The number of Topliss-reactive ketones (excluding diaryl/α,β-unsaturated/α-hetero) is 1. The second-order valence-corrected chi connectivity index (χ2v) is 10.7. The van der Waals surface area contributed by atoms with E-state index in [0.717, 1.165) is 39.4 Å². The summed E-state index contributed by atoms with van der Waals surface area (Å²) >= 11 is 3.25. The van der Waals surface area contributed by atoms with Gasteiger partial charge in [-0.2, -0.15) is 0 Å². The number of rotatable bonds is 6. The first-order chi connectivity index (χ1) is 15.5. The highest BCUT2D eigenvalue weighted by atomic mass is 32.2. The molecule has 0 saturated heterocycles. The molecule has 0 spiro atoms. The lowest BCUT2D eigenvalue weighted by atomic mass is 9.87. The van der Waals surface area contributed by atoms with Crippen molar-refractivity contribution >= 4 is 40.5 Å². The molecule has 6 nitrogen and oxygen atoms in total. The van der Waals surface area contributed by atoms with E-state index < -0.39 is 0 Å². The molecule has 1 unspecified atom stereocenters. The second-order valence-electron chi connectivity index (χ2n) is 8.57. The Balaban J connectivity index is 1.27. The number of amides is 1. The number of anilines is 1. The highest BCUT2D eigenvalue weighted by molar-refractivity contribution is 7.99. The zero-order valence-electron chi connectivity index (χ0n) is 18.3. The summed E-state index contributed by atoms with van der Waals surface area (Å²) in [7, 11) is 1.97.